The molecule has 0 fully saturated rings. The quantitative estimate of drug-likeness (QED) is 0.736. The van der Waals surface area contributed by atoms with Crippen LogP contribution in [-0.2, 0) is 10.0 Å². The van der Waals surface area contributed by atoms with E-state index >= 15 is 0 Å². The number of hydrogen-bond acceptors (Lipinski definition) is 3. The molecule has 0 heterocycles. The van der Waals surface area contributed by atoms with Crippen LogP contribution in [0.15, 0.2) is 52.3 Å². The van der Waals surface area contributed by atoms with E-state index < -0.39 is 10.0 Å². The molecule has 0 atom stereocenters. The number of hydrogen-bond donors (Lipinski definition) is 0. The highest BCUT2D eigenvalue weighted by molar-refractivity contribution is 7.98. The van der Waals surface area contributed by atoms with Gasteiger partial charge in [0.2, 0.25) is 0 Å². The van der Waals surface area contributed by atoms with Crippen LogP contribution in [0.3, 0.4) is 0 Å². The molecule has 0 bridgehead atoms. The molecule has 0 spiro atoms. The third-order valence-electron chi connectivity index (χ3n) is 3.37. The van der Waals surface area contributed by atoms with Crippen LogP contribution < -0.4 is 4.31 Å². The lowest BCUT2D eigenvalue weighted by molar-refractivity contribution is 0.591. The predicted molar refractivity (Wildman–Crippen MR) is 94.6 cm³/mol. The lowest BCUT2D eigenvalue weighted by Crippen LogP contribution is -2.31. The molecular formula is C16H18ClNO2S2. The molecule has 2 aromatic carbocycles. The standard InChI is InChI=1S/C16H18ClNO2S2/c1-4-18(16-11-13(17)6-5-12(16)2)22(19,20)15-9-7-14(21-3)8-10-15/h5-11H,4H2,1-3H3. The van der Waals surface area contributed by atoms with Gasteiger partial charge in [-0.3, -0.25) is 4.31 Å². The monoisotopic (exact) mass is 355 g/mol. The average Bonchev–Trinajstić information content (AvgIpc) is 2.51. The molecule has 0 aliphatic rings. The van der Waals surface area contributed by atoms with E-state index in [1.807, 2.05) is 38.3 Å². The molecule has 0 amide bonds. The summed E-state index contributed by atoms with van der Waals surface area (Å²) < 4.78 is 27.2. The molecule has 0 N–H and O–H groups in total. The highest BCUT2D eigenvalue weighted by Crippen LogP contribution is 2.29. The summed E-state index contributed by atoms with van der Waals surface area (Å²) in [5.41, 5.74) is 1.49. The Morgan fingerprint density at radius 2 is 1.77 bits per heavy atom. The van der Waals surface area contributed by atoms with E-state index in [0.29, 0.717) is 17.3 Å². The van der Waals surface area contributed by atoms with Gasteiger partial charge in [0.25, 0.3) is 10.0 Å². The second-order valence-corrected chi connectivity index (χ2v) is 7.95. The third kappa shape index (κ3) is 3.42. The van der Waals surface area contributed by atoms with Crippen molar-refractivity contribution in [2.45, 2.75) is 23.6 Å². The summed E-state index contributed by atoms with van der Waals surface area (Å²) in [6.45, 7) is 4.03. The number of halogens is 1. The van der Waals surface area contributed by atoms with Gasteiger partial charge < -0.3 is 0 Å². The molecule has 0 radical (unpaired) electrons. The SMILES string of the molecule is CCN(c1cc(Cl)ccc1C)S(=O)(=O)c1ccc(SC)cc1. The predicted octanol–water partition coefficient (Wildman–Crippen LogP) is 4.59. The lowest BCUT2D eigenvalue weighted by Gasteiger charge is -2.25. The summed E-state index contributed by atoms with van der Waals surface area (Å²) in [6.07, 6.45) is 1.96. The van der Waals surface area contributed by atoms with Gasteiger partial charge in [0.1, 0.15) is 0 Å². The zero-order valence-corrected chi connectivity index (χ0v) is 15.1. The number of anilines is 1. The topological polar surface area (TPSA) is 37.4 Å². The van der Waals surface area contributed by atoms with Crippen molar-refractivity contribution < 1.29 is 8.42 Å². The molecule has 6 heteroatoms. The second-order valence-electron chi connectivity index (χ2n) is 4.78. The smallest absolute Gasteiger partial charge is 0.264 e. The Balaban J connectivity index is 2.50. The Morgan fingerprint density at radius 1 is 1.14 bits per heavy atom. The zero-order chi connectivity index (χ0) is 16.3. The largest absolute Gasteiger partial charge is 0.266 e. The van der Waals surface area contributed by atoms with Crippen molar-refractivity contribution in [3.8, 4) is 0 Å². The maximum Gasteiger partial charge on any atom is 0.264 e. The maximum atomic E-state index is 12.9. The summed E-state index contributed by atoms with van der Waals surface area (Å²) in [7, 11) is -3.60. The van der Waals surface area contributed by atoms with E-state index in [1.54, 1.807) is 36.0 Å². The second kappa shape index (κ2) is 6.94. The van der Waals surface area contributed by atoms with Crippen molar-refractivity contribution in [2.24, 2.45) is 0 Å². The number of nitrogens with zero attached hydrogens (tertiary/aromatic N) is 1. The number of rotatable bonds is 5. The summed E-state index contributed by atoms with van der Waals surface area (Å²) in [6, 6.07) is 12.2. The lowest BCUT2D eigenvalue weighted by atomic mass is 10.2. The van der Waals surface area contributed by atoms with Crippen molar-refractivity contribution in [2.75, 3.05) is 17.1 Å². The zero-order valence-electron chi connectivity index (χ0n) is 12.7. The normalized spacial score (nSPS) is 11.5. The summed E-state index contributed by atoms with van der Waals surface area (Å²) in [4.78, 5) is 1.31. The molecule has 0 aliphatic carbocycles. The highest BCUT2D eigenvalue weighted by atomic mass is 35.5. The van der Waals surface area contributed by atoms with Crippen LogP contribution in [0.25, 0.3) is 0 Å². The van der Waals surface area contributed by atoms with Gasteiger partial charge in [-0.15, -0.1) is 11.8 Å². The van der Waals surface area contributed by atoms with E-state index in [1.165, 1.54) is 4.31 Å². The highest BCUT2D eigenvalue weighted by Gasteiger charge is 2.24. The average molecular weight is 356 g/mol. The van der Waals surface area contributed by atoms with Gasteiger partial charge in [0.05, 0.1) is 10.6 Å². The minimum Gasteiger partial charge on any atom is -0.266 e. The van der Waals surface area contributed by atoms with Gasteiger partial charge in [-0.05, 0) is 62.1 Å². The first-order chi connectivity index (χ1) is 10.4. The van der Waals surface area contributed by atoms with Crippen LogP contribution in [0.4, 0.5) is 5.69 Å². The van der Waals surface area contributed by atoms with E-state index in [4.69, 9.17) is 11.6 Å². The molecule has 118 valence electrons. The van der Waals surface area contributed by atoms with Gasteiger partial charge in [0.15, 0.2) is 0 Å². The number of benzene rings is 2. The van der Waals surface area contributed by atoms with Gasteiger partial charge in [-0.2, -0.15) is 0 Å². The van der Waals surface area contributed by atoms with Crippen LogP contribution in [0, 0.1) is 6.92 Å². The third-order valence-corrected chi connectivity index (χ3v) is 6.26. The molecule has 0 unspecified atom stereocenters. The summed E-state index contributed by atoms with van der Waals surface area (Å²) in [5, 5.41) is 0.520. The van der Waals surface area contributed by atoms with E-state index in [0.717, 1.165) is 10.5 Å². The van der Waals surface area contributed by atoms with Crippen LogP contribution in [-0.4, -0.2) is 21.2 Å². The molecular weight excluding hydrogens is 338 g/mol. The first-order valence-corrected chi connectivity index (χ1v) is 9.87. The molecule has 0 saturated heterocycles. The number of sulfonamides is 1. The Labute approximate surface area is 141 Å². The van der Waals surface area contributed by atoms with Crippen LogP contribution in [0.2, 0.25) is 5.02 Å². The van der Waals surface area contributed by atoms with Crippen LogP contribution >= 0.6 is 23.4 Å². The molecule has 2 rings (SSSR count). The Kier molecular flexibility index (Phi) is 5.42. The Morgan fingerprint density at radius 3 is 2.32 bits per heavy atom. The summed E-state index contributed by atoms with van der Waals surface area (Å²) in [5.74, 6) is 0. The Bertz CT molecular complexity index is 758. The molecule has 22 heavy (non-hydrogen) atoms. The van der Waals surface area contributed by atoms with E-state index in [9.17, 15) is 8.42 Å². The fourth-order valence-electron chi connectivity index (χ4n) is 2.20. The van der Waals surface area contributed by atoms with Gasteiger partial charge in [0, 0.05) is 16.5 Å². The van der Waals surface area contributed by atoms with Gasteiger partial charge in [-0.25, -0.2) is 8.42 Å². The van der Waals surface area contributed by atoms with Crippen molar-refractivity contribution in [1.82, 2.24) is 0 Å². The van der Waals surface area contributed by atoms with Crippen LogP contribution in [0.1, 0.15) is 12.5 Å². The van der Waals surface area contributed by atoms with Crippen LogP contribution in [0.5, 0.6) is 0 Å². The van der Waals surface area contributed by atoms with Crippen molar-refractivity contribution in [3.63, 3.8) is 0 Å². The van der Waals surface area contributed by atoms with Crippen molar-refractivity contribution in [3.05, 3.63) is 53.1 Å². The number of aryl methyl sites for hydroxylation is 1. The van der Waals surface area contributed by atoms with Gasteiger partial charge in [-0.1, -0.05) is 17.7 Å². The first-order valence-electron chi connectivity index (χ1n) is 6.83. The Hall–Kier alpha value is -1.17. The molecule has 0 aliphatic heterocycles. The fraction of sp³-hybridized carbons (Fsp3) is 0.250. The maximum absolute atomic E-state index is 12.9. The molecule has 3 nitrogen and oxygen atoms in total. The molecule has 0 saturated carbocycles. The fourth-order valence-corrected chi connectivity index (χ4v) is 4.30. The van der Waals surface area contributed by atoms with E-state index in [-0.39, 0.29) is 4.90 Å². The van der Waals surface area contributed by atoms with Crippen molar-refractivity contribution in [1.29, 1.82) is 0 Å². The minimum atomic E-state index is -3.60. The van der Waals surface area contributed by atoms with Crippen molar-refractivity contribution >= 4 is 39.1 Å². The molecule has 0 aromatic heterocycles. The molecule has 2 aromatic rings. The minimum absolute atomic E-state index is 0.284. The van der Waals surface area contributed by atoms with E-state index in [2.05, 4.69) is 0 Å². The first kappa shape index (κ1) is 17.2. The van der Waals surface area contributed by atoms with Gasteiger partial charge >= 0.3 is 0 Å². The summed E-state index contributed by atoms with van der Waals surface area (Å²) >= 11 is 7.61. The number of thioether (sulfide) groups is 1.